The van der Waals surface area contributed by atoms with Crippen molar-refractivity contribution in [3.8, 4) is 0 Å². The van der Waals surface area contributed by atoms with E-state index in [1.807, 2.05) is 0 Å². The zero-order chi connectivity index (χ0) is 17.2. The molecule has 0 spiro atoms. The molecule has 1 aromatic rings. The van der Waals surface area contributed by atoms with Gasteiger partial charge in [-0.3, -0.25) is 5.73 Å². The van der Waals surface area contributed by atoms with Crippen molar-refractivity contribution in [2.45, 2.75) is 10.7 Å². The predicted octanol–water partition coefficient (Wildman–Crippen LogP) is -1.77. The monoisotopic (exact) mass is 353 g/mol. The van der Waals surface area contributed by atoms with Gasteiger partial charge in [-0.25, -0.2) is 23.4 Å². The summed E-state index contributed by atoms with van der Waals surface area (Å²) in [5, 5.41) is 4.23. The van der Waals surface area contributed by atoms with Gasteiger partial charge in [0.15, 0.2) is 5.96 Å². The van der Waals surface area contributed by atoms with Gasteiger partial charge in [-0.2, -0.15) is 0 Å². The van der Waals surface area contributed by atoms with E-state index in [4.69, 9.17) is 16.2 Å². The minimum absolute atomic E-state index is 0.121. The van der Waals surface area contributed by atoms with Crippen LogP contribution in [0, 0.1) is 0 Å². The number of guanidine groups is 1. The first-order chi connectivity index (χ1) is 11.4. The Morgan fingerprint density at radius 2 is 1.92 bits per heavy atom. The minimum atomic E-state index is -3.67. The summed E-state index contributed by atoms with van der Waals surface area (Å²) in [6.45, 7) is 1.98. The molecular formula is C13H19N7O3S. The van der Waals surface area contributed by atoms with Crippen molar-refractivity contribution in [1.82, 2.24) is 15.2 Å². The standard InChI is InChI=1S/C13H19N7O3S/c14-12-16-9-17-13(15,18-12)10-1-3-11(4-2-10)24(21,22)19-20-5-7-23-8-6-20/h1-4,9,19H,5-8,15H2,(H3,14,16,17,18). The molecule has 6 N–H and O–H groups in total. The molecule has 10 nitrogen and oxygen atoms in total. The topological polar surface area (TPSA) is 147 Å². The van der Waals surface area contributed by atoms with E-state index in [9.17, 15) is 8.42 Å². The molecule has 2 aliphatic rings. The van der Waals surface area contributed by atoms with E-state index >= 15 is 0 Å². The third-order valence-electron chi connectivity index (χ3n) is 3.61. The van der Waals surface area contributed by atoms with Crippen LogP contribution in [0.3, 0.4) is 0 Å². The molecule has 3 rings (SSSR count). The van der Waals surface area contributed by atoms with Crippen molar-refractivity contribution in [1.29, 1.82) is 0 Å². The molecule has 0 aromatic heterocycles. The quantitative estimate of drug-likeness (QED) is 0.500. The van der Waals surface area contributed by atoms with Gasteiger partial charge in [0.25, 0.3) is 10.0 Å². The molecule has 1 fully saturated rings. The fourth-order valence-electron chi connectivity index (χ4n) is 2.34. The van der Waals surface area contributed by atoms with E-state index in [1.165, 1.54) is 18.5 Å². The normalized spacial score (nSPS) is 25.1. The lowest BCUT2D eigenvalue weighted by molar-refractivity contribution is 0.0272. The molecule has 0 amide bonds. The summed E-state index contributed by atoms with van der Waals surface area (Å²) in [6, 6.07) is 6.03. The first kappa shape index (κ1) is 16.8. The van der Waals surface area contributed by atoms with E-state index in [-0.39, 0.29) is 10.9 Å². The molecule has 0 saturated carbocycles. The number of hydrazine groups is 1. The molecule has 11 heteroatoms. The molecule has 0 bridgehead atoms. The van der Waals surface area contributed by atoms with Crippen molar-refractivity contribution in [3.05, 3.63) is 29.8 Å². The Bertz CT molecular complexity index is 756. The number of ether oxygens (including phenoxy) is 1. The van der Waals surface area contributed by atoms with Gasteiger partial charge in [0.1, 0.15) is 0 Å². The van der Waals surface area contributed by atoms with Gasteiger partial charge in [0.2, 0.25) is 5.79 Å². The molecule has 2 heterocycles. The Hall–Kier alpha value is -2.05. The van der Waals surface area contributed by atoms with E-state index < -0.39 is 15.8 Å². The number of rotatable bonds is 4. The number of aliphatic imine (C=N–C) groups is 2. The van der Waals surface area contributed by atoms with Crippen LogP contribution in [0.4, 0.5) is 0 Å². The lowest BCUT2D eigenvalue weighted by Crippen LogP contribution is -2.48. The van der Waals surface area contributed by atoms with Crippen molar-refractivity contribution in [2.75, 3.05) is 26.3 Å². The van der Waals surface area contributed by atoms with E-state index in [2.05, 4.69) is 20.1 Å². The molecule has 1 aromatic carbocycles. The highest BCUT2D eigenvalue weighted by atomic mass is 32.2. The third kappa shape index (κ3) is 3.55. The highest BCUT2D eigenvalue weighted by molar-refractivity contribution is 7.89. The smallest absolute Gasteiger partial charge is 0.253 e. The maximum absolute atomic E-state index is 12.4. The average molecular weight is 353 g/mol. The van der Waals surface area contributed by atoms with Gasteiger partial charge in [-0.15, -0.1) is 4.83 Å². The molecule has 24 heavy (non-hydrogen) atoms. The highest BCUT2D eigenvalue weighted by Crippen LogP contribution is 2.24. The number of nitrogens with two attached hydrogens (primary N) is 2. The lowest BCUT2D eigenvalue weighted by atomic mass is 10.1. The molecule has 130 valence electrons. The number of hydrogen-bond acceptors (Lipinski definition) is 9. The Morgan fingerprint density at radius 1 is 1.25 bits per heavy atom. The predicted molar refractivity (Wildman–Crippen MR) is 88.3 cm³/mol. The Labute approximate surface area is 139 Å². The van der Waals surface area contributed by atoms with E-state index in [0.717, 1.165) is 0 Å². The van der Waals surface area contributed by atoms with Crippen LogP contribution in [-0.4, -0.2) is 52.0 Å². The van der Waals surface area contributed by atoms with Crippen LogP contribution < -0.4 is 21.6 Å². The summed E-state index contributed by atoms with van der Waals surface area (Å²) in [7, 11) is -3.67. The Morgan fingerprint density at radius 3 is 2.54 bits per heavy atom. The van der Waals surface area contributed by atoms with Crippen molar-refractivity contribution >= 4 is 22.3 Å². The lowest BCUT2D eigenvalue weighted by Gasteiger charge is -2.27. The maximum atomic E-state index is 12.4. The van der Waals surface area contributed by atoms with Crippen molar-refractivity contribution in [2.24, 2.45) is 21.5 Å². The second-order valence-corrected chi connectivity index (χ2v) is 7.01. The first-order valence-electron chi connectivity index (χ1n) is 7.29. The van der Waals surface area contributed by atoms with Gasteiger partial charge in [0.05, 0.1) is 24.4 Å². The fraction of sp³-hybridized carbons (Fsp3) is 0.385. The molecule has 2 aliphatic heterocycles. The minimum Gasteiger partial charge on any atom is -0.379 e. The van der Waals surface area contributed by atoms with Crippen LogP contribution in [0.1, 0.15) is 5.56 Å². The maximum Gasteiger partial charge on any atom is 0.253 e. The van der Waals surface area contributed by atoms with Crippen LogP contribution in [0.5, 0.6) is 0 Å². The fourth-order valence-corrected chi connectivity index (χ4v) is 3.46. The molecule has 0 radical (unpaired) electrons. The number of sulfonamides is 1. The Kier molecular flexibility index (Phi) is 4.51. The summed E-state index contributed by atoms with van der Waals surface area (Å²) >= 11 is 0. The molecule has 1 atom stereocenters. The van der Waals surface area contributed by atoms with Crippen LogP contribution in [0.15, 0.2) is 39.1 Å². The second-order valence-electron chi connectivity index (χ2n) is 5.34. The summed E-state index contributed by atoms with van der Waals surface area (Å²) in [5.74, 6) is -1.23. The summed E-state index contributed by atoms with van der Waals surface area (Å²) < 4.78 is 30.0. The van der Waals surface area contributed by atoms with Crippen LogP contribution >= 0.6 is 0 Å². The molecule has 1 unspecified atom stereocenters. The van der Waals surface area contributed by atoms with Crippen molar-refractivity contribution in [3.63, 3.8) is 0 Å². The number of hydrogen-bond donors (Lipinski definition) is 4. The number of benzene rings is 1. The van der Waals surface area contributed by atoms with Crippen molar-refractivity contribution < 1.29 is 13.2 Å². The number of morpholine rings is 1. The van der Waals surface area contributed by atoms with Gasteiger partial charge in [-0.05, 0) is 12.1 Å². The number of nitrogens with zero attached hydrogens (tertiary/aromatic N) is 3. The average Bonchev–Trinajstić information content (AvgIpc) is 2.55. The van der Waals surface area contributed by atoms with Gasteiger partial charge >= 0.3 is 0 Å². The van der Waals surface area contributed by atoms with Gasteiger partial charge in [-0.1, -0.05) is 12.1 Å². The zero-order valence-electron chi connectivity index (χ0n) is 12.8. The van der Waals surface area contributed by atoms with E-state index in [0.29, 0.717) is 31.9 Å². The third-order valence-corrected chi connectivity index (χ3v) is 5.01. The number of nitrogens with one attached hydrogen (secondary N) is 2. The van der Waals surface area contributed by atoms with E-state index in [1.54, 1.807) is 17.1 Å². The van der Waals surface area contributed by atoms with Crippen LogP contribution in [-0.2, 0) is 20.5 Å². The summed E-state index contributed by atoms with van der Waals surface area (Å²) in [5.41, 5.74) is 12.2. The van der Waals surface area contributed by atoms with Crippen LogP contribution in [0.25, 0.3) is 0 Å². The Balaban J connectivity index is 1.78. The molecular weight excluding hydrogens is 334 g/mol. The van der Waals surface area contributed by atoms with Crippen LogP contribution in [0.2, 0.25) is 0 Å². The summed E-state index contributed by atoms with van der Waals surface area (Å²) in [4.78, 5) is 10.8. The highest BCUT2D eigenvalue weighted by Gasteiger charge is 2.28. The van der Waals surface area contributed by atoms with Gasteiger partial charge < -0.3 is 15.8 Å². The molecule has 1 saturated heterocycles. The second kappa shape index (κ2) is 6.45. The SMILES string of the molecule is NC1=NC(N)(c2ccc(S(=O)(=O)NN3CCOCC3)cc2)N=CN1. The van der Waals surface area contributed by atoms with Gasteiger partial charge in [0, 0.05) is 18.7 Å². The first-order valence-corrected chi connectivity index (χ1v) is 8.77. The largest absolute Gasteiger partial charge is 0.379 e. The zero-order valence-corrected chi connectivity index (χ0v) is 13.7. The molecule has 0 aliphatic carbocycles. The summed E-state index contributed by atoms with van der Waals surface area (Å²) in [6.07, 6.45) is 1.35.